The Balaban J connectivity index is 2.99. The van der Waals surface area contributed by atoms with Gasteiger partial charge in [-0.2, -0.15) is 5.10 Å². The first-order chi connectivity index (χ1) is 7.78. The third kappa shape index (κ3) is 2.76. The van der Waals surface area contributed by atoms with Crippen LogP contribution in [-0.4, -0.2) is 23.4 Å². The van der Waals surface area contributed by atoms with Gasteiger partial charge in [0.25, 0.3) is 0 Å². The van der Waals surface area contributed by atoms with Crippen molar-refractivity contribution in [3.8, 4) is 5.75 Å². The molecule has 0 aliphatic rings. The van der Waals surface area contributed by atoms with Crippen molar-refractivity contribution in [2.24, 2.45) is 0 Å². The van der Waals surface area contributed by atoms with Crippen molar-refractivity contribution in [1.82, 2.24) is 15.1 Å². The molecular formula is C12H23N3O. The minimum absolute atomic E-state index is 0.340. The molecule has 1 heterocycles. The quantitative estimate of drug-likeness (QED) is 0.774. The fraction of sp³-hybridized carbons (Fsp3) is 0.750. The molecule has 0 saturated heterocycles. The van der Waals surface area contributed by atoms with Crippen molar-refractivity contribution in [3.05, 3.63) is 11.9 Å². The summed E-state index contributed by atoms with van der Waals surface area (Å²) < 4.78 is 7.39. The number of hydrogen-bond acceptors (Lipinski definition) is 3. The predicted molar refractivity (Wildman–Crippen MR) is 65.8 cm³/mol. The SMILES string of the molecule is CCCC(NCC)c1c(OC)cnn1CC. The highest BCUT2D eigenvalue weighted by molar-refractivity contribution is 5.28. The van der Waals surface area contributed by atoms with Crippen LogP contribution in [0.1, 0.15) is 45.3 Å². The van der Waals surface area contributed by atoms with Gasteiger partial charge >= 0.3 is 0 Å². The average molecular weight is 225 g/mol. The van der Waals surface area contributed by atoms with E-state index in [0.29, 0.717) is 6.04 Å². The van der Waals surface area contributed by atoms with Gasteiger partial charge in [-0.25, -0.2) is 0 Å². The van der Waals surface area contributed by atoms with Crippen molar-refractivity contribution in [1.29, 1.82) is 0 Å². The monoisotopic (exact) mass is 225 g/mol. The molecule has 0 spiro atoms. The molecule has 1 atom stereocenters. The first-order valence-electron chi connectivity index (χ1n) is 6.11. The third-order valence-corrected chi connectivity index (χ3v) is 2.72. The number of aryl methyl sites for hydroxylation is 1. The summed E-state index contributed by atoms with van der Waals surface area (Å²) in [6.07, 6.45) is 4.06. The maximum absolute atomic E-state index is 5.38. The van der Waals surface area contributed by atoms with Crippen LogP contribution in [0.3, 0.4) is 0 Å². The molecule has 0 aromatic carbocycles. The number of nitrogens with one attached hydrogen (secondary N) is 1. The molecule has 1 unspecified atom stereocenters. The van der Waals surface area contributed by atoms with Crippen LogP contribution in [0.15, 0.2) is 6.20 Å². The summed E-state index contributed by atoms with van der Waals surface area (Å²) in [6.45, 7) is 8.27. The summed E-state index contributed by atoms with van der Waals surface area (Å²) in [5, 5.41) is 7.84. The number of hydrogen-bond donors (Lipinski definition) is 1. The smallest absolute Gasteiger partial charge is 0.161 e. The lowest BCUT2D eigenvalue weighted by Crippen LogP contribution is -2.24. The summed E-state index contributed by atoms with van der Waals surface area (Å²) in [7, 11) is 1.70. The van der Waals surface area contributed by atoms with Gasteiger partial charge in [0.15, 0.2) is 5.75 Å². The fourth-order valence-corrected chi connectivity index (χ4v) is 2.01. The summed E-state index contributed by atoms with van der Waals surface area (Å²) in [6, 6.07) is 0.340. The first kappa shape index (κ1) is 13.0. The molecular weight excluding hydrogens is 202 g/mol. The Morgan fingerprint density at radius 2 is 2.19 bits per heavy atom. The first-order valence-corrected chi connectivity index (χ1v) is 6.11. The van der Waals surface area contributed by atoms with E-state index in [9.17, 15) is 0 Å². The molecule has 4 heteroatoms. The van der Waals surface area contributed by atoms with E-state index in [0.717, 1.165) is 31.7 Å². The molecule has 0 bridgehead atoms. The van der Waals surface area contributed by atoms with Gasteiger partial charge in [0.05, 0.1) is 25.0 Å². The highest BCUT2D eigenvalue weighted by Crippen LogP contribution is 2.27. The summed E-state index contributed by atoms with van der Waals surface area (Å²) in [5.74, 6) is 0.890. The van der Waals surface area contributed by atoms with Crippen molar-refractivity contribution >= 4 is 0 Å². The van der Waals surface area contributed by atoms with E-state index in [2.05, 4.69) is 31.2 Å². The zero-order valence-electron chi connectivity index (χ0n) is 10.8. The zero-order valence-corrected chi connectivity index (χ0v) is 10.8. The fourth-order valence-electron chi connectivity index (χ4n) is 2.01. The molecule has 16 heavy (non-hydrogen) atoms. The van der Waals surface area contributed by atoms with Gasteiger partial charge in [-0.3, -0.25) is 4.68 Å². The van der Waals surface area contributed by atoms with E-state index in [1.807, 2.05) is 4.68 Å². The van der Waals surface area contributed by atoms with Crippen LogP contribution in [0.2, 0.25) is 0 Å². The summed E-state index contributed by atoms with van der Waals surface area (Å²) in [4.78, 5) is 0. The minimum Gasteiger partial charge on any atom is -0.493 e. The Hall–Kier alpha value is -1.03. The molecule has 1 aromatic rings. The van der Waals surface area contributed by atoms with Crippen LogP contribution in [0.25, 0.3) is 0 Å². The largest absolute Gasteiger partial charge is 0.493 e. The number of nitrogens with zero attached hydrogens (tertiary/aromatic N) is 2. The van der Waals surface area contributed by atoms with Gasteiger partial charge in [-0.1, -0.05) is 20.3 Å². The lowest BCUT2D eigenvalue weighted by molar-refractivity contribution is 0.386. The van der Waals surface area contributed by atoms with Crippen molar-refractivity contribution in [2.45, 2.75) is 46.2 Å². The van der Waals surface area contributed by atoms with E-state index in [1.165, 1.54) is 5.69 Å². The molecule has 92 valence electrons. The maximum atomic E-state index is 5.38. The van der Waals surface area contributed by atoms with Crippen LogP contribution in [-0.2, 0) is 6.54 Å². The van der Waals surface area contributed by atoms with Crippen molar-refractivity contribution in [2.75, 3.05) is 13.7 Å². The van der Waals surface area contributed by atoms with Crippen LogP contribution >= 0.6 is 0 Å². The minimum atomic E-state index is 0.340. The molecule has 0 aliphatic heterocycles. The molecule has 4 nitrogen and oxygen atoms in total. The van der Waals surface area contributed by atoms with Gasteiger partial charge in [-0.15, -0.1) is 0 Å². The Bertz CT molecular complexity index is 282. The Morgan fingerprint density at radius 1 is 1.44 bits per heavy atom. The van der Waals surface area contributed by atoms with Gasteiger partial charge in [0, 0.05) is 6.54 Å². The topological polar surface area (TPSA) is 39.1 Å². The number of ether oxygens (including phenoxy) is 1. The summed E-state index contributed by atoms with van der Waals surface area (Å²) in [5.41, 5.74) is 1.17. The molecule has 0 radical (unpaired) electrons. The number of aromatic nitrogens is 2. The molecule has 1 rings (SSSR count). The Kier molecular flexibility index (Phi) is 5.32. The van der Waals surface area contributed by atoms with Gasteiger partial charge in [-0.05, 0) is 19.9 Å². The van der Waals surface area contributed by atoms with E-state index in [4.69, 9.17) is 4.74 Å². The maximum Gasteiger partial charge on any atom is 0.161 e. The average Bonchev–Trinajstić information content (AvgIpc) is 2.71. The Labute approximate surface area is 98.0 Å². The van der Waals surface area contributed by atoms with E-state index >= 15 is 0 Å². The van der Waals surface area contributed by atoms with Gasteiger partial charge in [0.2, 0.25) is 0 Å². The highest BCUT2D eigenvalue weighted by atomic mass is 16.5. The van der Waals surface area contributed by atoms with E-state index in [-0.39, 0.29) is 0 Å². The Morgan fingerprint density at radius 3 is 2.69 bits per heavy atom. The molecule has 0 amide bonds. The standard InChI is InChI=1S/C12H23N3O/c1-5-8-10(13-6-2)12-11(16-4)9-14-15(12)7-3/h9-10,13H,5-8H2,1-4H3. The van der Waals surface area contributed by atoms with Crippen LogP contribution in [0.5, 0.6) is 5.75 Å². The van der Waals surface area contributed by atoms with Crippen LogP contribution in [0, 0.1) is 0 Å². The normalized spacial score (nSPS) is 12.8. The highest BCUT2D eigenvalue weighted by Gasteiger charge is 2.19. The molecule has 1 N–H and O–H groups in total. The molecule has 1 aromatic heterocycles. The van der Waals surface area contributed by atoms with Gasteiger partial charge < -0.3 is 10.1 Å². The van der Waals surface area contributed by atoms with E-state index < -0.39 is 0 Å². The van der Waals surface area contributed by atoms with Gasteiger partial charge in [0.1, 0.15) is 0 Å². The molecule has 0 saturated carbocycles. The second kappa shape index (κ2) is 6.53. The third-order valence-electron chi connectivity index (χ3n) is 2.72. The summed E-state index contributed by atoms with van der Waals surface area (Å²) >= 11 is 0. The number of methoxy groups -OCH3 is 1. The molecule has 0 aliphatic carbocycles. The lowest BCUT2D eigenvalue weighted by Gasteiger charge is -2.19. The van der Waals surface area contributed by atoms with E-state index in [1.54, 1.807) is 13.3 Å². The number of rotatable bonds is 7. The predicted octanol–water partition coefficient (Wildman–Crippen LogP) is 2.36. The van der Waals surface area contributed by atoms with Crippen LogP contribution < -0.4 is 10.1 Å². The van der Waals surface area contributed by atoms with Crippen molar-refractivity contribution < 1.29 is 4.74 Å². The second-order valence-corrected chi connectivity index (χ2v) is 3.81. The second-order valence-electron chi connectivity index (χ2n) is 3.81. The molecule has 0 fully saturated rings. The van der Waals surface area contributed by atoms with Crippen molar-refractivity contribution in [3.63, 3.8) is 0 Å². The zero-order chi connectivity index (χ0) is 12.0. The van der Waals surface area contributed by atoms with Crippen LogP contribution in [0.4, 0.5) is 0 Å². The lowest BCUT2D eigenvalue weighted by atomic mass is 10.1.